The molecule has 2 aromatic heterocycles. The van der Waals surface area contributed by atoms with E-state index in [0.29, 0.717) is 28.4 Å². The molecule has 12 heteroatoms. The van der Waals surface area contributed by atoms with Crippen molar-refractivity contribution in [2.75, 3.05) is 5.32 Å². The summed E-state index contributed by atoms with van der Waals surface area (Å²) < 4.78 is 55.3. The Bertz CT molecular complexity index is 1330. The smallest absolute Gasteiger partial charge is 0.253 e. The first-order valence-corrected chi connectivity index (χ1v) is 10.5. The van der Waals surface area contributed by atoms with Crippen LogP contribution in [0.5, 0.6) is 0 Å². The van der Waals surface area contributed by atoms with Crippen LogP contribution in [0.1, 0.15) is 31.4 Å². The molecule has 0 spiro atoms. The van der Waals surface area contributed by atoms with E-state index in [1.165, 1.54) is 38.5 Å². The predicted molar refractivity (Wildman–Crippen MR) is 117 cm³/mol. The number of anilines is 2. The summed E-state index contributed by atoms with van der Waals surface area (Å²) in [6, 6.07) is 5.66. The van der Waals surface area contributed by atoms with E-state index in [2.05, 4.69) is 25.3 Å². The van der Waals surface area contributed by atoms with E-state index in [0.717, 1.165) is 6.07 Å². The largest absolute Gasteiger partial charge is 0.378 e. The number of aliphatic imine (C=N–C) groups is 1. The van der Waals surface area contributed by atoms with Gasteiger partial charge in [0.1, 0.15) is 17.9 Å². The molecule has 1 aliphatic heterocycles. The Morgan fingerprint density at radius 3 is 2.64 bits per heavy atom. The highest BCUT2D eigenvalue weighted by atomic mass is 32.2. The average molecular weight is 475 g/mol. The Kier molecular flexibility index (Phi) is 5.61. The molecule has 0 saturated carbocycles. The lowest BCUT2D eigenvalue weighted by Crippen LogP contribution is -2.44. The van der Waals surface area contributed by atoms with Gasteiger partial charge in [0.2, 0.25) is 0 Å². The van der Waals surface area contributed by atoms with Crippen molar-refractivity contribution < 1.29 is 17.6 Å². The lowest BCUT2D eigenvalue weighted by Gasteiger charge is -2.40. The molecule has 3 aromatic rings. The minimum absolute atomic E-state index is 0.0991. The fourth-order valence-corrected chi connectivity index (χ4v) is 4.99. The predicted octanol–water partition coefficient (Wildman–Crippen LogP) is 4.61. The van der Waals surface area contributed by atoms with E-state index >= 15 is 0 Å². The summed E-state index contributed by atoms with van der Waals surface area (Å²) in [6.07, 6.45) is -0.469. The lowest BCUT2D eigenvalue weighted by atomic mass is 9.82. The van der Waals surface area contributed by atoms with Gasteiger partial charge in [0.05, 0.1) is 21.4 Å². The Morgan fingerprint density at radius 1 is 1.18 bits per heavy atom. The van der Waals surface area contributed by atoms with Gasteiger partial charge in [-0.05, 0) is 32.4 Å². The van der Waals surface area contributed by atoms with Crippen LogP contribution in [0.2, 0.25) is 0 Å². The number of benzene rings is 1. The van der Waals surface area contributed by atoms with Crippen molar-refractivity contribution >= 4 is 39.5 Å². The number of pyridine rings is 1. The highest BCUT2D eigenvalue weighted by Crippen LogP contribution is 2.49. The number of nitrogens with zero attached hydrogens (tertiary/aromatic N) is 5. The number of halogens is 4. The molecule has 33 heavy (non-hydrogen) atoms. The van der Waals surface area contributed by atoms with Gasteiger partial charge in [0, 0.05) is 23.5 Å². The third kappa shape index (κ3) is 4.16. The number of alkyl halides is 2. The molecule has 3 heterocycles. The first-order valence-electron chi connectivity index (χ1n) is 9.64. The second kappa shape index (κ2) is 8.15. The zero-order chi connectivity index (χ0) is 24.0. The second-order valence-corrected chi connectivity index (χ2v) is 9.54. The van der Waals surface area contributed by atoms with E-state index in [1.54, 1.807) is 0 Å². The normalized spacial score (nSPS) is 22.8. The topological polar surface area (TPSA) is 113 Å². The quantitative estimate of drug-likeness (QED) is 0.530. The maximum absolute atomic E-state index is 14.9. The lowest BCUT2D eigenvalue weighted by molar-refractivity contribution is 0.0892. The van der Waals surface area contributed by atoms with Crippen molar-refractivity contribution in [3.8, 4) is 6.07 Å². The second-order valence-electron chi connectivity index (χ2n) is 7.99. The van der Waals surface area contributed by atoms with Crippen LogP contribution in [0.3, 0.4) is 0 Å². The highest BCUT2D eigenvalue weighted by Gasteiger charge is 2.48. The van der Waals surface area contributed by atoms with Gasteiger partial charge in [-0.1, -0.05) is 11.8 Å². The van der Waals surface area contributed by atoms with Crippen molar-refractivity contribution in [1.82, 2.24) is 15.0 Å². The molecule has 0 radical (unpaired) electrons. The van der Waals surface area contributed by atoms with Gasteiger partial charge in [-0.25, -0.2) is 32.5 Å². The van der Waals surface area contributed by atoms with Gasteiger partial charge >= 0.3 is 0 Å². The molecule has 170 valence electrons. The molecule has 0 bridgehead atoms. The molecule has 0 amide bonds. The summed E-state index contributed by atoms with van der Waals surface area (Å²) in [5.41, 5.74) is 5.11. The van der Waals surface area contributed by atoms with Crippen LogP contribution >= 0.6 is 11.8 Å². The molecule has 1 aliphatic rings. The van der Waals surface area contributed by atoms with Crippen LogP contribution in [-0.4, -0.2) is 31.3 Å². The molecular weight excluding hydrogens is 458 g/mol. The first kappa shape index (κ1) is 22.7. The van der Waals surface area contributed by atoms with Crippen LogP contribution in [-0.2, 0) is 5.54 Å². The minimum atomic E-state index is -2.76. The average Bonchev–Trinajstić information content (AvgIpc) is 2.74. The Hall–Kier alpha value is -3.46. The third-order valence-corrected chi connectivity index (χ3v) is 6.42. The van der Waals surface area contributed by atoms with E-state index in [4.69, 9.17) is 11.0 Å². The molecule has 0 unspecified atom stereocenters. The van der Waals surface area contributed by atoms with Crippen molar-refractivity contribution in [2.24, 2.45) is 10.7 Å². The molecule has 1 aromatic carbocycles. The maximum Gasteiger partial charge on any atom is 0.253 e. The number of nitrogens with one attached hydrogen (secondary N) is 1. The monoisotopic (exact) mass is 475 g/mol. The van der Waals surface area contributed by atoms with Crippen molar-refractivity contribution in [3.05, 3.63) is 53.5 Å². The SMILES string of the molecule is C[C@]1(C(F)F)C[C@@](C)(c2cc(Nc3ncnc4cc(C#N)cnc34)cc(F)c2F)N=C(N)S1. The van der Waals surface area contributed by atoms with Crippen molar-refractivity contribution in [3.63, 3.8) is 0 Å². The van der Waals surface area contributed by atoms with Gasteiger partial charge in [0.25, 0.3) is 6.43 Å². The van der Waals surface area contributed by atoms with E-state index in [1.807, 2.05) is 6.07 Å². The van der Waals surface area contributed by atoms with Gasteiger partial charge < -0.3 is 11.1 Å². The zero-order valence-electron chi connectivity index (χ0n) is 17.4. The number of rotatable bonds is 4. The van der Waals surface area contributed by atoms with Crippen LogP contribution < -0.4 is 11.1 Å². The summed E-state index contributed by atoms with van der Waals surface area (Å²) in [5, 5.41) is 11.8. The first-order chi connectivity index (χ1) is 15.5. The number of nitrogens with two attached hydrogens (primary N) is 1. The summed E-state index contributed by atoms with van der Waals surface area (Å²) >= 11 is 0.713. The highest BCUT2D eigenvalue weighted by molar-refractivity contribution is 8.15. The van der Waals surface area contributed by atoms with Crippen molar-refractivity contribution in [1.29, 1.82) is 5.26 Å². The Morgan fingerprint density at radius 2 is 1.94 bits per heavy atom. The van der Waals surface area contributed by atoms with Gasteiger partial charge in [-0.15, -0.1) is 0 Å². The minimum Gasteiger partial charge on any atom is -0.378 e. The Balaban J connectivity index is 1.79. The molecule has 7 nitrogen and oxygen atoms in total. The fourth-order valence-electron chi connectivity index (χ4n) is 3.83. The fraction of sp³-hybridized carbons (Fsp3) is 0.286. The number of hydrogen-bond acceptors (Lipinski definition) is 8. The number of fused-ring (bicyclic) bond motifs is 1. The van der Waals surface area contributed by atoms with Gasteiger partial charge in [-0.2, -0.15) is 5.26 Å². The molecule has 0 saturated heterocycles. The number of thioether (sulfide) groups is 1. The van der Waals surface area contributed by atoms with Gasteiger partial charge in [-0.3, -0.25) is 4.99 Å². The maximum atomic E-state index is 14.9. The van der Waals surface area contributed by atoms with E-state index in [-0.39, 0.29) is 28.7 Å². The number of aromatic nitrogens is 3. The molecular formula is C21H17F4N7S. The van der Waals surface area contributed by atoms with E-state index in [9.17, 15) is 17.6 Å². The summed E-state index contributed by atoms with van der Waals surface area (Å²) in [6.45, 7) is 2.75. The molecule has 3 N–H and O–H groups in total. The van der Waals surface area contributed by atoms with Crippen LogP contribution in [0.15, 0.2) is 35.7 Å². The molecule has 0 aliphatic carbocycles. The molecule has 4 rings (SSSR count). The number of amidine groups is 1. The third-order valence-electron chi connectivity index (χ3n) is 5.33. The van der Waals surface area contributed by atoms with Gasteiger partial charge in [0.15, 0.2) is 22.6 Å². The summed E-state index contributed by atoms with van der Waals surface area (Å²) in [7, 11) is 0. The summed E-state index contributed by atoms with van der Waals surface area (Å²) in [4.78, 5) is 16.5. The van der Waals surface area contributed by atoms with Crippen LogP contribution in [0.25, 0.3) is 11.0 Å². The number of hydrogen-bond donors (Lipinski definition) is 2. The number of nitriles is 1. The Labute approximate surface area is 190 Å². The van der Waals surface area contributed by atoms with Crippen LogP contribution in [0, 0.1) is 23.0 Å². The van der Waals surface area contributed by atoms with Crippen molar-refractivity contribution in [2.45, 2.75) is 37.0 Å². The standard InChI is InChI=1S/C21H17F4N7S/c1-20(8-21(2,18(24)25)33-19(27)32-20)12-4-11(5-13(22)15(12)23)31-17-16-14(29-9-30-17)3-10(6-26)7-28-16/h3-5,7,9,18H,8H2,1-2H3,(H2,27,32)(H,29,30,31)/t20-,21+/m0/s1. The summed E-state index contributed by atoms with van der Waals surface area (Å²) in [5.74, 6) is -2.21. The van der Waals surface area contributed by atoms with Crippen LogP contribution in [0.4, 0.5) is 29.1 Å². The van der Waals surface area contributed by atoms with E-state index < -0.39 is 28.3 Å². The zero-order valence-corrected chi connectivity index (χ0v) is 18.2. The molecule has 2 atom stereocenters. The molecule has 0 fully saturated rings.